The van der Waals surface area contributed by atoms with Gasteiger partial charge in [-0.25, -0.2) is 0 Å². The van der Waals surface area contributed by atoms with Crippen molar-refractivity contribution in [2.75, 3.05) is 13.6 Å². The van der Waals surface area contributed by atoms with Gasteiger partial charge >= 0.3 is 0 Å². The van der Waals surface area contributed by atoms with E-state index >= 15 is 0 Å². The minimum atomic E-state index is 0.156. The van der Waals surface area contributed by atoms with Crippen LogP contribution in [0.15, 0.2) is 41.8 Å². The van der Waals surface area contributed by atoms with Crippen LogP contribution in [0.4, 0.5) is 0 Å². The van der Waals surface area contributed by atoms with Gasteiger partial charge in [-0.3, -0.25) is 4.79 Å². The molecule has 0 amide bonds. The summed E-state index contributed by atoms with van der Waals surface area (Å²) in [6.07, 6.45) is 1.06. The highest BCUT2D eigenvalue weighted by molar-refractivity contribution is 7.12. The first-order chi connectivity index (χ1) is 9.15. The van der Waals surface area contributed by atoms with Gasteiger partial charge in [-0.2, -0.15) is 0 Å². The number of hydrogen-bond acceptors (Lipinski definition) is 3. The van der Waals surface area contributed by atoms with Gasteiger partial charge in [0.1, 0.15) is 0 Å². The lowest BCUT2D eigenvalue weighted by Gasteiger charge is -2.15. The Morgan fingerprint density at radius 1 is 1.21 bits per heavy atom. The Balaban J connectivity index is 1.83. The molecular weight excluding hydrogens is 254 g/mol. The van der Waals surface area contributed by atoms with Crippen LogP contribution in [-0.2, 0) is 13.0 Å². The first-order valence-corrected chi connectivity index (χ1v) is 7.34. The number of benzene rings is 1. The first kappa shape index (κ1) is 14.0. The Bertz CT molecular complexity index is 533. The van der Waals surface area contributed by atoms with Gasteiger partial charge < -0.3 is 4.90 Å². The molecule has 1 aromatic carbocycles. The fourth-order valence-corrected chi connectivity index (χ4v) is 2.80. The Morgan fingerprint density at radius 2 is 1.95 bits per heavy atom. The third kappa shape index (κ3) is 4.30. The molecule has 1 heterocycles. The summed E-state index contributed by atoms with van der Waals surface area (Å²) in [5, 5.41) is 2.08. The molecule has 0 radical (unpaired) electrons. The second kappa shape index (κ2) is 6.64. The quantitative estimate of drug-likeness (QED) is 0.749. The van der Waals surface area contributed by atoms with Crippen LogP contribution in [0.2, 0.25) is 0 Å². The molecule has 2 aromatic rings. The molecule has 100 valence electrons. The van der Waals surface area contributed by atoms with Crippen molar-refractivity contribution < 1.29 is 4.79 Å². The highest BCUT2D eigenvalue weighted by atomic mass is 32.1. The van der Waals surface area contributed by atoms with Crippen molar-refractivity contribution in [3.63, 3.8) is 0 Å². The van der Waals surface area contributed by atoms with E-state index in [1.54, 1.807) is 6.92 Å². The minimum absolute atomic E-state index is 0.156. The summed E-state index contributed by atoms with van der Waals surface area (Å²) in [6.45, 7) is 3.54. The zero-order valence-electron chi connectivity index (χ0n) is 11.4. The molecule has 2 rings (SSSR count). The number of carbonyl (C=O) groups excluding carboxylic acids is 1. The molecule has 0 aliphatic heterocycles. The molecule has 0 unspecified atom stereocenters. The Morgan fingerprint density at radius 3 is 2.58 bits per heavy atom. The second-order valence-electron chi connectivity index (χ2n) is 4.85. The van der Waals surface area contributed by atoms with E-state index in [4.69, 9.17) is 0 Å². The van der Waals surface area contributed by atoms with E-state index < -0.39 is 0 Å². The zero-order chi connectivity index (χ0) is 13.7. The Labute approximate surface area is 118 Å². The summed E-state index contributed by atoms with van der Waals surface area (Å²) in [7, 11) is 2.12. The van der Waals surface area contributed by atoms with Gasteiger partial charge in [0, 0.05) is 13.1 Å². The number of likely N-dealkylation sites (N-methyl/N-ethyl adjacent to an activating group) is 1. The minimum Gasteiger partial charge on any atom is -0.302 e. The fraction of sp³-hybridized carbons (Fsp3) is 0.312. The van der Waals surface area contributed by atoms with Crippen molar-refractivity contribution in [3.05, 3.63) is 57.8 Å². The van der Waals surface area contributed by atoms with E-state index in [9.17, 15) is 4.79 Å². The molecule has 0 spiro atoms. The maximum absolute atomic E-state index is 11.3. The highest BCUT2D eigenvalue weighted by Crippen LogP contribution is 2.16. The van der Waals surface area contributed by atoms with E-state index in [1.165, 1.54) is 22.5 Å². The van der Waals surface area contributed by atoms with Gasteiger partial charge in [-0.05, 0) is 43.0 Å². The topological polar surface area (TPSA) is 20.3 Å². The predicted octanol–water partition coefficient (Wildman–Crippen LogP) is 3.63. The van der Waals surface area contributed by atoms with Crippen LogP contribution in [0.5, 0.6) is 0 Å². The molecule has 1 aromatic heterocycles. The number of nitrogens with zero attached hydrogens (tertiary/aromatic N) is 1. The standard InChI is InChI=1S/C16H19NOS/c1-13(18)16-10-15(12-19-16)11-17(2)9-8-14-6-4-3-5-7-14/h3-7,10,12H,8-9,11H2,1-2H3. The summed E-state index contributed by atoms with van der Waals surface area (Å²) in [5.41, 5.74) is 2.59. The van der Waals surface area contributed by atoms with Crippen molar-refractivity contribution in [2.24, 2.45) is 0 Å². The van der Waals surface area contributed by atoms with Crippen LogP contribution in [0.25, 0.3) is 0 Å². The van der Waals surface area contributed by atoms with Crippen LogP contribution >= 0.6 is 11.3 Å². The van der Waals surface area contributed by atoms with Gasteiger partial charge in [0.25, 0.3) is 0 Å². The molecule has 0 bridgehead atoms. The smallest absolute Gasteiger partial charge is 0.169 e. The van der Waals surface area contributed by atoms with Crippen molar-refractivity contribution in [3.8, 4) is 0 Å². The first-order valence-electron chi connectivity index (χ1n) is 6.46. The number of ketones is 1. The lowest BCUT2D eigenvalue weighted by atomic mass is 10.1. The fourth-order valence-electron chi connectivity index (χ4n) is 2.00. The third-order valence-electron chi connectivity index (χ3n) is 3.08. The number of carbonyl (C=O) groups is 1. The summed E-state index contributed by atoms with van der Waals surface area (Å²) < 4.78 is 0. The van der Waals surface area contributed by atoms with Crippen LogP contribution in [-0.4, -0.2) is 24.3 Å². The summed E-state index contributed by atoms with van der Waals surface area (Å²) in [5.74, 6) is 0.156. The van der Waals surface area contributed by atoms with E-state index in [1.807, 2.05) is 12.1 Å². The van der Waals surface area contributed by atoms with Crippen LogP contribution in [0, 0.1) is 0 Å². The molecule has 0 aliphatic carbocycles. The lowest BCUT2D eigenvalue weighted by molar-refractivity contribution is 0.102. The van der Waals surface area contributed by atoms with Crippen molar-refractivity contribution in [1.82, 2.24) is 4.90 Å². The summed E-state index contributed by atoms with van der Waals surface area (Å²) in [4.78, 5) is 14.4. The van der Waals surface area contributed by atoms with Gasteiger partial charge in [0.15, 0.2) is 5.78 Å². The number of rotatable bonds is 6. The van der Waals surface area contributed by atoms with Crippen LogP contribution in [0.3, 0.4) is 0 Å². The molecule has 0 N–H and O–H groups in total. The van der Waals surface area contributed by atoms with E-state index in [-0.39, 0.29) is 5.78 Å². The maximum atomic E-state index is 11.3. The monoisotopic (exact) mass is 273 g/mol. The maximum Gasteiger partial charge on any atom is 0.169 e. The summed E-state index contributed by atoms with van der Waals surface area (Å²) >= 11 is 1.54. The molecular formula is C16H19NOS. The molecule has 3 heteroatoms. The SMILES string of the molecule is CC(=O)c1cc(CN(C)CCc2ccccc2)cs1. The largest absolute Gasteiger partial charge is 0.302 e. The normalized spacial score (nSPS) is 10.9. The molecule has 0 saturated carbocycles. The van der Waals surface area contributed by atoms with Crippen LogP contribution in [0.1, 0.15) is 27.7 Å². The van der Waals surface area contributed by atoms with Crippen LogP contribution < -0.4 is 0 Å². The molecule has 0 saturated heterocycles. The lowest BCUT2D eigenvalue weighted by Crippen LogP contribution is -2.20. The molecule has 0 atom stereocenters. The van der Waals surface area contributed by atoms with Gasteiger partial charge in [0.2, 0.25) is 0 Å². The Kier molecular flexibility index (Phi) is 4.88. The summed E-state index contributed by atoms with van der Waals surface area (Å²) in [6, 6.07) is 12.5. The van der Waals surface area contributed by atoms with Crippen molar-refractivity contribution >= 4 is 17.1 Å². The van der Waals surface area contributed by atoms with Crippen molar-refractivity contribution in [1.29, 1.82) is 0 Å². The molecule has 19 heavy (non-hydrogen) atoms. The molecule has 0 aliphatic rings. The molecule has 0 fully saturated rings. The van der Waals surface area contributed by atoms with E-state index in [0.717, 1.165) is 24.4 Å². The predicted molar refractivity (Wildman–Crippen MR) is 80.8 cm³/mol. The highest BCUT2D eigenvalue weighted by Gasteiger charge is 2.06. The van der Waals surface area contributed by atoms with Gasteiger partial charge in [0.05, 0.1) is 4.88 Å². The molecule has 2 nitrogen and oxygen atoms in total. The van der Waals surface area contributed by atoms with Gasteiger partial charge in [-0.1, -0.05) is 30.3 Å². The number of Topliss-reactive ketones (excluding diaryl/α,β-unsaturated/α-hetero) is 1. The number of thiophene rings is 1. The van der Waals surface area contributed by atoms with Crippen molar-refractivity contribution in [2.45, 2.75) is 19.9 Å². The van der Waals surface area contributed by atoms with E-state index in [2.05, 4.69) is 41.6 Å². The average Bonchev–Trinajstić information content (AvgIpc) is 2.86. The van der Waals surface area contributed by atoms with E-state index in [0.29, 0.717) is 0 Å². The zero-order valence-corrected chi connectivity index (χ0v) is 12.2. The van der Waals surface area contributed by atoms with Gasteiger partial charge in [-0.15, -0.1) is 11.3 Å². The average molecular weight is 273 g/mol. The third-order valence-corrected chi connectivity index (χ3v) is 4.16. The number of hydrogen-bond donors (Lipinski definition) is 0. The second-order valence-corrected chi connectivity index (χ2v) is 5.76. The Hall–Kier alpha value is -1.45.